The van der Waals surface area contributed by atoms with Gasteiger partial charge >= 0.3 is 5.63 Å². The predicted molar refractivity (Wildman–Crippen MR) is 98.3 cm³/mol. The standard InChI is InChI=1S/C20H24O8/c1-9-6-12-15(10-4-2-3-5-11(10)19(25)26-12)13(7-9)27-20-18(24)17(23)16(22)14(8-21)28-20/h6-7,14,16-18,20-24H,2-5,8H2,1H3/t14-,16+,17+,18-,20+/m1/s1. The van der Waals surface area contributed by atoms with E-state index in [-0.39, 0.29) is 5.63 Å². The van der Waals surface area contributed by atoms with E-state index in [0.717, 1.165) is 24.0 Å². The molecule has 0 unspecified atom stereocenters. The normalized spacial score (nSPS) is 30.2. The van der Waals surface area contributed by atoms with Gasteiger partial charge in [-0.05, 0) is 55.9 Å². The molecular weight excluding hydrogens is 368 g/mol. The third-order valence-corrected chi connectivity index (χ3v) is 5.52. The van der Waals surface area contributed by atoms with Crippen LogP contribution in [0, 0.1) is 6.92 Å². The third kappa shape index (κ3) is 3.21. The van der Waals surface area contributed by atoms with Gasteiger partial charge in [0.05, 0.1) is 12.0 Å². The molecule has 1 aromatic carbocycles. The SMILES string of the molecule is Cc1cc(O[C@H]2O[C@H](CO)[C@H](O)[C@H](O)[C@H]2O)c2c3c(c(=O)oc2c1)CCCC3. The Balaban J connectivity index is 1.79. The van der Waals surface area contributed by atoms with Gasteiger partial charge < -0.3 is 34.3 Å². The minimum atomic E-state index is -1.53. The van der Waals surface area contributed by atoms with Crippen molar-refractivity contribution in [3.8, 4) is 5.75 Å². The molecule has 1 aromatic heterocycles. The van der Waals surface area contributed by atoms with E-state index in [0.29, 0.717) is 35.1 Å². The highest BCUT2D eigenvalue weighted by Crippen LogP contribution is 2.36. The first kappa shape index (κ1) is 19.4. The van der Waals surface area contributed by atoms with Crippen molar-refractivity contribution in [2.45, 2.75) is 63.3 Å². The summed E-state index contributed by atoms with van der Waals surface area (Å²) in [6.07, 6.45) is -3.65. The van der Waals surface area contributed by atoms with Crippen LogP contribution >= 0.6 is 0 Å². The number of hydrogen-bond acceptors (Lipinski definition) is 8. The van der Waals surface area contributed by atoms with Gasteiger partial charge in [0.1, 0.15) is 35.7 Å². The number of hydrogen-bond donors (Lipinski definition) is 4. The Morgan fingerprint density at radius 1 is 1.07 bits per heavy atom. The Bertz CT molecular complexity index is 934. The summed E-state index contributed by atoms with van der Waals surface area (Å²) in [5.41, 5.74) is 2.35. The lowest BCUT2D eigenvalue weighted by molar-refractivity contribution is -0.277. The van der Waals surface area contributed by atoms with Crippen molar-refractivity contribution in [1.29, 1.82) is 0 Å². The molecule has 8 nitrogen and oxygen atoms in total. The number of rotatable bonds is 3. The minimum absolute atomic E-state index is 0.341. The first-order valence-electron chi connectivity index (χ1n) is 9.47. The molecular formula is C20H24O8. The van der Waals surface area contributed by atoms with E-state index in [1.54, 1.807) is 12.1 Å². The largest absolute Gasteiger partial charge is 0.461 e. The van der Waals surface area contributed by atoms with Crippen LogP contribution in [-0.2, 0) is 17.6 Å². The number of ether oxygens (including phenoxy) is 2. The van der Waals surface area contributed by atoms with E-state index in [2.05, 4.69) is 0 Å². The molecule has 1 aliphatic carbocycles. The Morgan fingerprint density at radius 2 is 1.79 bits per heavy atom. The van der Waals surface area contributed by atoms with Crippen LogP contribution in [0.25, 0.3) is 11.0 Å². The molecule has 4 N–H and O–H groups in total. The first-order chi connectivity index (χ1) is 13.4. The maximum absolute atomic E-state index is 12.3. The van der Waals surface area contributed by atoms with Crippen LogP contribution in [0.4, 0.5) is 0 Å². The van der Waals surface area contributed by atoms with Crippen molar-refractivity contribution in [2.24, 2.45) is 0 Å². The quantitative estimate of drug-likeness (QED) is 0.544. The van der Waals surface area contributed by atoms with Crippen LogP contribution in [0.2, 0.25) is 0 Å². The summed E-state index contributed by atoms with van der Waals surface area (Å²) in [7, 11) is 0. The molecule has 28 heavy (non-hydrogen) atoms. The molecule has 0 spiro atoms. The van der Waals surface area contributed by atoms with E-state index in [1.807, 2.05) is 6.92 Å². The van der Waals surface area contributed by atoms with Gasteiger partial charge in [-0.1, -0.05) is 0 Å². The maximum Gasteiger partial charge on any atom is 0.339 e. The summed E-state index contributed by atoms with van der Waals surface area (Å²) in [6, 6.07) is 3.50. The van der Waals surface area contributed by atoms with Gasteiger partial charge in [-0.25, -0.2) is 4.79 Å². The minimum Gasteiger partial charge on any atom is -0.461 e. The second-order valence-corrected chi connectivity index (χ2v) is 7.51. The predicted octanol–water partition coefficient (Wildman–Crippen LogP) is 0.159. The molecule has 1 fully saturated rings. The summed E-state index contributed by atoms with van der Waals surface area (Å²) in [4.78, 5) is 12.3. The Labute approximate surface area is 160 Å². The van der Waals surface area contributed by atoms with Crippen molar-refractivity contribution in [3.05, 3.63) is 39.2 Å². The topological polar surface area (TPSA) is 130 Å². The van der Waals surface area contributed by atoms with Gasteiger partial charge in [-0.3, -0.25) is 0 Å². The van der Waals surface area contributed by atoms with E-state index in [9.17, 15) is 25.2 Å². The lowest BCUT2D eigenvalue weighted by Gasteiger charge is -2.39. The lowest BCUT2D eigenvalue weighted by atomic mass is 9.90. The van der Waals surface area contributed by atoms with Gasteiger partial charge in [-0.2, -0.15) is 0 Å². The molecule has 1 aliphatic heterocycles. The summed E-state index contributed by atoms with van der Waals surface area (Å²) < 4.78 is 16.9. The van der Waals surface area contributed by atoms with E-state index >= 15 is 0 Å². The monoisotopic (exact) mass is 392 g/mol. The van der Waals surface area contributed by atoms with E-state index in [1.165, 1.54) is 0 Å². The van der Waals surface area contributed by atoms with Crippen LogP contribution in [-0.4, -0.2) is 57.7 Å². The molecule has 0 bridgehead atoms. The van der Waals surface area contributed by atoms with Crippen LogP contribution in [0.5, 0.6) is 5.75 Å². The summed E-state index contributed by atoms with van der Waals surface area (Å²) in [5, 5.41) is 40.3. The molecule has 8 heteroatoms. The molecule has 0 saturated carbocycles. The lowest BCUT2D eigenvalue weighted by Crippen LogP contribution is -2.60. The van der Waals surface area contributed by atoms with Crippen LogP contribution in [0.15, 0.2) is 21.3 Å². The molecule has 2 heterocycles. The maximum atomic E-state index is 12.3. The van der Waals surface area contributed by atoms with Crippen molar-refractivity contribution in [2.75, 3.05) is 6.61 Å². The van der Waals surface area contributed by atoms with Crippen LogP contribution < -0.4 is 10.4 Å². The number of aryl methyl sites for hydroxylation is 2. The van der Waals surface area contributed by atoms with Crippen molar-refractivity contribution in [1.82, 2.24) is 0 Å². The number of aliphatic hydroxyl groups is 4. The highest BCUT2D eigenvalue weighted by Gasteiger charge is 2.45. The van der Waals surface area contributed by atoms with Crippen molar-refractivity contribution in [3.63, 3.8) is 0 Å². The zero-order chi connectivity index (χ0) is 20.0. The van der Waals surface area contributed by atoms with E-state index < -0.39 is 37.3 Å². The second kappa shape index (κ2) is 7.46. The Morgan fingerprint density at radius 3 is 2.50 bits per heavy atom. The molecule has 0 amide bonds. The zero-order valence-corrected chi connectivity index (χ0v) is 15.5. The molecule has 0 radical (unpaired) electrons. The summed E-state index contributed by atoms with van der Waals surface area (Å²) in [6.45, 7) is 1.28. The van der Waals surface area contributed by atoms with Crippen molar-refractivity contribution < 1.29 is 34.3 Å². The number of aliphatic hydroxyl groups excluding tert-OH is 4. The number of benzene rings is 1. The number of fused-ring (bicyclic) bond motifs is 3. The second-order valence-electron chi connectivity index (χ2n) is 7.51. The van der Waals surface area contributed by atoms with Crippen LogP contribution in [0.3, 0.4) is 0 Å². The summed E-state index contributed by atoms with van der Waals surface area (Å²) in [5.74, 6) is 0.362. The molecule has 2 aliphatic rings. The highest BCUT2D eigenvalue weighted by molar-refractivity contribution is 5.88. The molecule has 2 aromatic rings. The zero-order valence-electron chi connectivity index (χ0n) is 15.5. The Hall–Kier alpha value is -1.97. The molecule has 5 atom stereocenters. The smallest absolute Gasteiger partial charge is 0.339 e. The first-order valence-corrected chi connectivity index (χ1v) is 9.47. The summed E-state index contributed by atoms with van der Waals surface area (Å²) >= 11 is 0. The highest BCUT2D eigenvalue weighted by atomic mass is 16.7. The van der Waals surface area contributed by atoms with Gasteiger partial charge in [0.25, 0.3) is 0 Å². The van der Waals surface area contributed by atoms with Gasteiger partial charge in [0.15, 0.2) is 0 Å². The van der Waals surface area contributed by atoms with Gasteiger partial charge in [-0.15, -0.1) is 0 Å². The third-order valence-electron chi connectivity index (χ3n) is 5.52. The van der Waals surface area contributed by atoms with Crippen molar-refractivity contribution >= 4 is 11.0 Å². The fraction of sp³-hybridized carbons (Fsp3) is 0.550. The average Bonchev–Trinajstić information content (AvgIpc) is 2.68. The Kier molecular flexibility index (Phi) is 5.15. The van der Waals surface area contributed by atoms with Crippen LogP contribution in [0.1, 0.15) is 29.5 Å². The van der Waals surface area contributed by atoms with Gasteiger partial charge in [0, 0.05) is 5.56 Å². The molecule has 1 saturated heterocycles. The van der Waals surface area contributed by atoms with E-state index in [4.69, 9.17) is 13.9 Å². The fourth-order valence-corrected chi connectivity index (χ4v) is 4.05. The average molecular weight is 392 g/mol. The molecule has 152 valence electrons. The fourth-order valence-electron chi connectivity index (χ4n) is 4.05. The van der Waals surface area contributed by atoms with Gasteiger partial charge in [0.2, 0.25) is 6.29 Å². The molecule has 4 rings (SSSR count).